The zero-order valence-electron chi connectivity index (χ0n) is 26.8. The molecule has 2 aromatic heterocycles. The van der Waals surface area contributed by atoms with Gasteiger partial charge in [0, 0.05) is 18.3 Å². The van der Waals surface area contributed by atoms with Gasteiger partial charge in [-0.15, -0.1) is 0 Å². The van der Waals surface area contributed by atoms with Gasteiger partial charge in [-0.1, -0.05) is 45.9 Å². The molecule has 4 unspecified atom stereocenters. The highest BCUT2D eigenvalue weighted by Crippen LogP contribution is 2.42. The van der Waals surface area contributed by atoms with E-state index in [-0.39, 0.29) is 28.1 Å². The third-order valence-corrected chi connectivity index (χ3v) is 11.0. The van der Waals surface area contributed by atoms with Gasteiger partial charge in [-0.3, -0.25) is 14.5 Å². The van der Waals surface area contributed by atoms with Crippen LogP contribution in [0.1, 0.15) is 84.5 Å². The molecule has 44 heavy (non-hydrogen) atoms. The Bertz CT molecular complexity index is 1670. The van der Waals surface area contributed by atoms with Crippen molar-refractivity contribution >= 4 is 27.3 Å². The minimum absolute atomic E-state index is 0.0123. The molecule has 1 aliphatic carbocycles. The van der Waals surface area contributed by atoms with Gasteiger partial charge in [0.1, 0.15) is 16.7 Å². The Morgan fingerprint density at radius 3 is 2.70 bits per heavy atom. The summed E-state index contributed by atoms with van der Waals surface area (Å²) < 4.78 is 16.8. The fraction of sp³-hybridized carbons (Fsp3) is 0.486. The minimum atomic E-state index is -3.26. The summed E-state index contributed by atoms with van der Waals surface area (Å²) in [5.74, 6) is 5.74. The maximum Gasteiger partial charge on any atom is 0.266 e. The molecule has 0 aromatic carbocycles. The average molecular weight is 615 g/mol. The number of aromatic nitrogens is 2. The second-order valence-electron chi connectivity index (χ2n) is 14.6. The van der Waals surface area contributed by atoms with Crippen molar-refractivity contribution in [1.29, 1.82) is 0 Å². The van der Waals surface area contributed by atoms with E-state index in [0.29, 0.717) is 23.2 Å². The van der Waals surface area contributed by atoms with Crippen LogP contribution in [-0.4, -0.2) is 49.0 Å². The Morgan fingerprint density at radius 1 is 1.14 bits per heavy atom. The number of dihydropyridines is 1. The van der Waals surface area contributed by atoms with Crippen LogP contribution < -0.4 is 15.4 Å². The normalized spacial score (nSPS) is 30.1. The summed E-state index contributed by atoms with van der Waals surface area (Å²) in [6.45, 7) is 14.2. The highest BCUT2D eigenvalue weighted by Gasteiger charge is 2.43. The van der Waals surface area contributed by atoms with Crippen LogP contribution in [0.4, 0.5) is 5.82 Å². The predicted molar refractivity (Wildman–Crippen MR) is 178 cm³/mol. The maximum absolute atomic E-state index is 14.0. The number of hydrogen-bond donors (Lipinski definition) is 3. The number of amides is 1. The Kier molecular flexibility index (Phi) is 7.67. The highest BCUT2D eigenvalue weighted by molar-refractivity contribution is 7.99. The van der Waals surface area contributed by atoms with E-state index >= 15 is 0 Å². The first-order valence-corrected chi connectivity index (χ1v) is 17.5. The van der Waals surface area contributed by atoms with Crippen molar-refractivity contribution in [2.75, 3.05) is 11.9 Å². The van der Waals surface area contributed by atoms with Gasteiger partial charge in [0.15, 0.2) is 0 Å². The molecule has 234 valence electrons. The number of nitrogens with zero attached hydrogens (tertiary/aromatic N) is 3. The van der Waals surface area contributed by atoms with E-state index in [1.807, 2.05) is 18.3 Å². The number of allylic oxidation sites excluding steroid dienone is 1. The van der Waals surface area contributed by atoms with Gasteiger partial charge in [-0.2, -0.15) is 0 Å². The molecular formula is C35H46N6O2S. The predicted octanol–water partition coefficient (Wildman–Crippen LogP) is 5.63. The summed E-state index contributed by atoms with van der Waals surface area (Å²) in [6, 6.07) is 9.62. The van der Waals surface area contributed by atoms with Crippen molar-refractivity contribution in [1.82, 2.24) is 24.9 Å². The number of hydrogen-bond acceptors (Lipinski definition) is 7. The lowest BCUT2D eigenvalue weighted by molar-refractivity contribution is -0.115. The molecule has 0 spiro atoms. The largest absolute Gasteiger partial charge is 0.364 e. The molecule has 1 fully saturated rings. The smallest absolute Gasteiger partial charge is 0.266 e. The van der Waals surface area contributed by atoms with Crippen LogP contribution >= 0.6 is 0 Å². The average Bonchev–Trinajstić information content (AvgIpc) is 3.27. The van der Waals surface area contributed by atoms with E-state index in [1.54, 1.807) is 12.1 Å². The van der Waals surface area contributed by atoms with Crippen LogP contribution in [0.5, 0.6) is 0 Å². The Labute approximate surface area is 262 Å². The van der Waals surface area contributed by atoms with Gasteiger partial charge in [0.25, 0.3) is 5.91 Å². The van der Waals surface area contributed by atoms with E-state index in [1.165, 1.54) is 5.56 Å². The van der Waals surface area contributed by atoms with Gasteiger partial charge < -0.3 is 15.5 Å². The number of nitrogens with one attached hydrogen (secondary N) is 3. The van der Waals surface area contributed by atoms with E-state index in [2.05, 4.69) is 92.0 Å². The topological polar surface area (TPSA) is 99.3 Å². The molecule has 1 saturated heterocycles. The number of fused-ring (bicyclic) bond motifs is 6. The molecule has 3 N–H and O–H groups in total. The second kappa shape index (κ2) is 11.1. The highest BCUT2D eigenvalue weighted by atomic mass is 32.2. The lowest BCUT2D eigenvalue weighted by atomic mass is 9.83. The Hall–Kier alpha value is -3.59. The first kappa shape index (κ1) is 30.4. The van der Waals surface area contributed by atoms with Gasteiger partial charge in [-0.05, 0) is 104 Å². The fourth-order valence-corrected chi connectivity index (χ4v) is 8.16. The van der Waals surface area contributed by atoms with Crippen LogP contribution in [0.15, 0.2) is 76.7 Å². The first-order valence-electron chi connectivity index (χ1n) is 15.8. The molecular weight excluding hydrogens is 568 g/mol. The summed E-state index contributed by atoms with van der Waals surface area (Å²) >= 11 is 0. The number of pyridine rings is 2. The van der Waals surface area contributed by atoms with Crippen molar-refractivity contribution in [3.05, 3.63) is 83.0 Å². The molecule has 5 atom stereocenters. The summed E-state index contributed by atoms with van der Waals surface area (Å²) in [4.78, 5) is 25.9. The molecule has 0 saturated carbocycles. The van der Waals surface area contributed by atoms with Crippen molar-refractivity contribution in [3.8, 4) is 0 Å². The van der Waals surface area contributed by atoms with Crippen molar-refractivity contribution in [2.24, 2.45) is 11.8 Å². The summed E-state index contributed by atoms with van der Waals surface area (Å²) in [7, 11) is -3.26. The number of anilines is 1. The molecule has 8 nitrogen and oxygen atoms in total. The van der Waals surface area contributed by atoms with Crippen LogP contribution in [0, 0.1) is 11.8 Å². The van der Waals surface area contributed by atoms with Crippen molar-refractivity contribution in [3.63, 3.8) is 0 Å². The molecule has 9 heteroatoms. The maximum atomic E-state index is 14.0. The number of carbonyl (C=O) groups excluding carboxylic acids is 1. The quantitative estimate of drug-likeness (QED) is 0.358. The van der Waals surface area contributed by atoms with E-state index < -0.39 is 15.6 Å². The molecule has 5 heterocycles. The number of rotatable bonds is 1. The fourth-order valence-electron chi connectivity index (χ4n) is 7.10. The van der Waals surface area contributed by atoms with Crippen LogP contribution in [0.3, 0.4) is 0 Å². The Morgan fingerprint density at radius 2 is 1.93 bits per heavy atom. The minimum Gasteiger partial charge on any atom is -0.364 e. The molecule has 0 radical (unpaired) electrons. The van der Waals surface area contributed by atoms with E-state index in [4.69, 9.17) is 9.97 Å². The molecule has 1 amide bonds. The molecule has 2 aromatic rings. The molecule has 6 rings (SSSR count). The zero-order valence-corrected chi connectivity index (χ0v) is 27.6. The Balaban J connectivity index is 1.44. The van der Waals surface area contributed by atoms with Gasteiger partial charge in [-0.25, -0.2) is 9.19 Å². The summed E-state index contributed by atoms with van der Waals surface area (Å²) in [6.07, 6.45) is 11.9. The van der Waals surface area contributed by atoms with Gasteiger partial charge >= 0.3 is 0 Å². The molecule has 4 bridgehead atoms. The monoisotopic (exact) mass is 614 g/mol. The number of carbonyl (C=O) groups is 1. The van der Waals surface area contributed by atoms with Crippen molar-refractivity contribution < 1.29 is 9.00 Å². The lowest BCUT2D eigenvalue weighted by Crippen LogP contribution is -2.51. The van der Waals surface area contributed by atoms with E-state index in [0.717, 1.165) is 49.3 Å². The van der Waals surface area contributed by atoms with Crippen LogP contribution in [-0.2, 0) is 19.9 Å². The molecule has 4 aliphatic rings. The first-order chi connectivity index (χ1) is 20.7. The van der Waals surface area contributed by atoms with Crippen molar-refractivity contribution in [2.45, 2.75) is 95.3 Å². The van der Waals surface area contributed by atoms with Crippen LogP contribution in [0.25, 0.3) is 0 Å². The summed E-state index contributed by atoms with van der Waals surface area (Å²) in [5.41, 5.74) is 3.55. The van der Waals surface area contributed by atoms with Gasteiger partial charge in [0.2, 0.25) is 0 Å². The van der Waals surface area contributed by atoms with Gasteiger partial charge in [0.05, 0.1) is 33.1 Å². The SMILES string of the molecule is C=S1(=O)NC(=O)C2=C(NC3C(=C2)C=CCC3C)N2C[C@@H](CCC(c3cc(C(C)(C)C)ccn3)Nc3cccc1n3)CC2(C)C. The second-order valence-corrected chi connectivity index (χ2v) is 16.6. The van der Waals surface area contributed by atoms with Crippen LogP contribution in [0.2, 0.25) is 0 Å². The zero-order chi connectivity index (χ0) is 31.4. The standard InChI is InChI=1S/C35H46N6O2S/c1-22-10-8-11-24-18-26-32(39-31(22)24)41-21-23(20-35(41,5)6)14-15-27(28-19-25(16-17-36-28)34(2,3)4)37-29-12-9-13-30(38-29)44(7,43)40-33(26)42/h8-9,11-13,16-19,22-23,27,31,39H,7,10,14-15,20-21H2,1-6H3,(H,37,38)(H,40,42,43)/t22?,23-,27?,31?,44?/m0/s1. The lowest BCUT2D eigenvalue weighted by Gasteiger charge is -2.42. The third-order valence-electron chi connectivity index (χ3n) is 9.59. The molecule has 3 aliphatic heterocycles. The summed E-state index contributed by atoms with van der Waals surface area (Å²) in [5, 5.41) is 7.61. The third kappa shape index (κ3) is 5.91. The van der Waals surface area contributed by atoms with E-state index in [9.17, 15) is 9.00 Å².